The van der Waals surface area contributed by atoms with Crippen molar-refractivity contribution in [3.05, 3.63) is 48.5 Å². The van der Waals surface area contributed by atoms with Crippen LogP contribution in [0.25, 0.3) is 0 Å². The largest absolute Gasteiger partial charge is 0.457 e. The first-order valence-electron chi connectivity index (χ1n) is 8.51. The molecule has 0 aromatic heterocycles. The van der Waals surface area contributed by atoms with Gasteiger partial charge in [-0.05, 0) is 61.9 Å². The van der Waals surface area contributed by atoms with E-state index in [1.807, 2.05) is 0 Å². The summed E-state index contributed by atoms with van der Waals surface area (Å²) in [6.07, 6.45) is 3.07. The summed E-state index contributed by atoms with van der Waals surface area (Å²) in [6.45, 7) is 1.68. The molecule has 26 heavy (non-hydrogen) atoms. The van der Waals surface area contributed by atoms with Gasteiger partial charge in [0.25, 0.3) is 0 Å². The number of piperidine rings is 1. The second-order valence-electron chi connectivity index (χ2n) is 6.41. The van der Waals surface area contributed by atoms with E-state index in [9.17, 15) is 13.2 Å². The number of carbonyl (C=O) groups is 1. The molecule has 3 rings (SSSR count). The van der Waals surface area contributed by atoms with E-state index in [1.54, 1.807) is 36.4 Å². The molecule has 0 aliphatic carbocycles. The van der Waals surface area contributed by atoms with Gasteiger partial charge in [-0.3, -0.25) is 4.79 Å². The number of hydrogen-bond donors (Lipinski definition) is 2. The number of hydrogen-bond acceptors (Lipinski definition) is 5. The lowest BCUT2D eigenvalue weighted by molar-refractivity contribution is -0.120. The van der Waals surface area contributed by atoms with Gasteiger partial charge in [0.15, 0.2) is 9.84 Å². The fourth-order valence-corrected chi connectivity index (χ4v) is 3.49. The first kappa shape index (κ1) is 18.4. The van der Waals surface area contributed by atoms with Crippen LogP contribution in [0.3, 0.4) is 0 Å². The van der Waals surface area contributed by atoms with E-state index in [4.69, 9.17) is 4.74 Å². The molecule has 1 heterocycles. The lowest BCUT2D eigenvalue weighted by Crippen LogP contribution is -2.37. The van der Waals surface area contributed by atoms with E-state index in [0.29, 0.717) is 23.7 Å². The Bertz CT molecular complexity index is 873. The minimum Gasteiger partial charge on any atom is -0.457 e. The molecule has 1 fully saturated rings. The molecule has 1 unspecified atom stereocenters. The van der Waals surface area contributed by atoms with Gasteiger partial charge in [-0.25, -0.2) is 8.42 Å². The van der Waals surface area contributed by atoms with Crippen LogP contribution in [0.1, 0.15) is 12.8 Å². The average molecular weight is 374 g/mol. The van der Waals surface area contributed by atoms with Crippen LogP contribution in [0.2, 0.25) is 0 Å². The molecule has 0 spiro atoms. The third-order valence-corrected chi connectivity index (χ3v) is 5.37. The van der Waals surface area contributed by atoms with Crippen LogP contribution in [-0.4, -0.2) is 33.7 Å². The highest BCUT2D eigenvalue weighted by atomic mass is 32.2. The molecule has 1 saturated heterocycles. The predicted molar refractivity (Wildman–Crippen MR) is 100 cm³/mol. The van der Waals surface area contributed by atoms with Crippen molar-refractivity contribution in [2.24, 2.45) is 5.92 Å². The van der Waals surface area contributed by atoms with Gasteiger partial charge in [0.2, 0.25) is 5.91 Å². The second kappa shape index (κ2) is 7.88. The maximum absolute atomic E-state index is 12.2. The maximum atomic E-state index is 12.2. The summed E-state index contributed by atoms with van der Waals surface area (Å²) in [6, 6.07) is 13.4. The fourth-order valence-electron chi connectivity index (χ4n) is 2.83. The SMILES string of the molecule is CS(=O)(=O)c1cccc(Oc2ccc(NC(=O)C3CCCNC3)cc2)c1. The Balaban J connectivity index is 1.63. The lowest BCUT2D eigenvalue weighted by atomic mass is 9.99. The number of anilines is 1. The molecule has 7 heteroatoms. The van der Waals surface area contributed by atoms with Crippen molar-refractivity contribution in [2.45, 2.75) is 17.7 Å². The standard InChI is InChI=1S/C19H22N2O4S/c1-26(23,24)18-6-2-5-17(12-18)25-16-9-7-15(8-10-16)21-19(22)14-4-3-11-20-13-14/h2,5-10,12,14,20H,3-4,11,13H2,1H3,(H,21,22). The number of rotatable bonds is 5. The zero-order valence-corrected chi connectivity index (χ0v) is 15.4. The second-order valence-corrected chi connectivity index (χ2v) is 8.42. The molecule has 0 saturated carbocycles. The number of amides is 1. The number of benzene rings is 2. The van der Waals surface area contributed by atoms with Crippen LogP contribution >= 0.6 is 0 Å². The van der Waals surface area contributed by atoms with Crippen molar-refractivity contribution < 1.29 is 17.9 Å². The van der Waals surface area contributed by atoms with Crippen LogP contribution in [0.15, 0.2) is 53.4 Å². The van der Waals surface area contributed by atoms with Crippen LogP contribution < -0.4 is 15.4 Å². The van der Waals surface area contributed by atoms with Gasteiger partial charge in [-0.1, -0.05) is 6.07 Å². The minimum absolute atomic E-state index is 0.00147. The van der Waals surface area contributed by atoms with Crippen LogP contribution in [0, 0.1) is 5.92 Å². The molecule has 2 N–H and O–H groups in total. The topological polar surface area (TPSA) is 84.5 Å². The highest BCUT2D eigenvalue weighted by molar-refractivity contribution is 7.90. The number of carbonyl (C=O) groups excluding carboxylic acids is 1. The predicted octanol–water partition coefficient (Wildman–Crippen LogP) is 2.82. The van der Waals surface area contributed by atoms with E-state index in [0.717, 1.165) is 25.6 Å². The van der Waals surface area contributed by atoms with Crippen molar-refractivity contribution in [3.63, 3.8) is 0 Å². The Morgan fingerprint density at radius 2 is 1.92 bits per heavy atom. The molecule has 1 aliphatic rings. The van der Waals surface area contributed by atoms with Crippen LogP contribution in [0.5, 0.6) is 11.5 Å². The molecular formula is C19H22N2O4S. The molecule has 1 amide bonds. The number of ether oxygens (including phenoxy) is 1. The molecule has 1 atom stereocenters. The molecule has 138 valence electrons. The molecule has 2 aromatic rings. The molecule has 2 aromatic carbocycles. The van der Waals surface area contributed by atoms with E-state index in [1.165, 1.54) is 12.1 Å². The summed E-state index contributed by atoms with van der Waals surface area (Å²) in [5, 5.41) is 6.15. The monoisotopic (exact) mass is 374 g/mol. The highest BCUT2D eigenvalue weighted by Gasteiger charge is 2.20. The first-order valence-corrected chi connectivity index (χ1v) is 10.4. The summed E-state index contributed by atoms with van der Waals surface area (Å²) in [5.74, 6) is 1.02. The summed E-state index contributed by atoms with van der Waals surface area (Å²) in [4.78, 5) is 12.4. The van der Waals surface area contributed by atoms with Crippen LogP contribution in [0.4, 0.5) is 5.69 Å². The molecule has 1 aliphatic heterocycles. The Morgan fingerprint density at radius 1 is 1.15 bits per heavy atom. The molecular weight excluding hydrogens is 352 g/mol. The van der Waals surface area contributed by atoms with Crippen molar-refractivity contribution >= 4 is 21.4 Å². The van der Waals surface area contributed by atoms with E-state index in [2.05, 4.69) is 10.6 Å². The third kappa shape index (κ3) is 4.83. The summed E-state index contributed by atoms with van der Waals surface area (Å²) < 4.78 is 28.9. The molecule has 0 bridgehead atoms. The Morgan fingerprint density at radius 3 is 2.58 bits per heavy atom. The summed E-state index contributed by atoms with van der Waals surface area (Å²) in [7, 11) is -3.28. The Labute approximate surface area is 153 Å². The summed E-state index contributed by atoms with van der Waals surface area (Å²) >= 11 is 0. The zero-order valence-electron chi connectivity index (χ0n) is 14.6. The average Bonchev–Trinajstić information content (AvgIpc) is 2.63. The molecule has 0 radical (unpaired) electrons. The van der Waals surface area contributed by atoms with Crippen LogP contribution in [-0.2, 0) is 14.6 Å². The Kier molecular flexibility index (Phi) is 5.58. The smallest absolute Gasteiger partial charge is 0.228 e. The van der Waals surface area contributed by atoms with E-state index < -0.39 is 9.84 Å². The van der Waals surface area contributed by atoms with Gasteiger partial charge >= 0.3 is 0 Å². The first-order chi connectivity index (χ1) is 12.4. The maximum Gasteiger partial charge on any atom is 0.228 e. The van der Waals surface area contributed by atoms with Gasteiger partial charge in [0.05, 0.1) is 10.8 Å². The number of sulfone groups is 1. The van der Waals surface area contributed by atoms with Crippen molar-refractivity contribution in [1.82, 2.24) is 5.32 Å². The lowest BCUT2D eigenvalue weighted by Gasteiger charge is -2.21. The quantitative estimate of drug-likeness (QED) is 0.841. The van der Waals surface area contributed by atoms with Crippen molar-refractivity contribution in [3.8, 4) is 11.5 Å². The van der Waals surface area contributed by atoms with E-state index in [-0.39, 0.29) is 16.7 Å². The van der Waals surface area contributed by atoms with E-state index >= 15 is 0 Å². The van der Waals surface area contributed by atoms with Gasteiger partial charge < -0.3 is 15.4 Å². The van der Waals surface area contributed by atoms with Gasteiger partial charge in [0.1, 0.15) is 11.5 Å². The van der Waals surface area contributed by atoms with Gasteiger partial charge in [-0.15, -0.1) is 0 Å². The normalized spacial score (nSPS) is 17.5. The zero-order chi connectivity index (χ0) is 18.6. The minimum atomic E-state index is -3.28. The third-order valence-electron chi connectivity index (χ3n) is 4.26. The molecule has 6 nitrogen and oxygen atoms in total. The van der Waals surface area contributed by atoms with Crippen molar-refractivity contribution in [1.29, 1.82) is 0 Å². The van der Waals surface area contributed by atoms with Gasteiger partial charge in [-0.2, -0.15) is 0 Å². The van der Waals surface area contributed by atoms with Crippen molar-refractivity contribution in [2.75, 3.05) is 24.7 Å². The Hall–Kier alpha value is -2.38. The van der Waals surface area contributed by atoms with Gasteiger partial charge in [0, 0.05) is 18.5 Å². The number of nitrogens with one attached hydrogen (secondary N) is 2. The highest BCUT2D eigenvalue weighted by Crippen LogP contribution is 2.25. The fraction of sp³-hybridized carbons (Fsp3) is 0.316. The summed E-state index contributed by atoms with van der Waals surface area (Å²) in [5.41, 5.74) is 0.706.